The third-order valence-corrected chi connectivity index (χ3v) is 4.70. The van der Waals surface area contributed by atoms with Crippen molar-refractivity contribution >= 4 is 35.1 Å². The number of ketones is 1. The van der Waals surface area contributed by atoms with Gasteiger partial charge >= 0.3 is 0 Å². The van der Waals surface area contributed by atoms with E-state index in [1.165, 1.54) is 5.57 Å². The zero-order valence-electron chi connectivity index (χ0n) is 14.7. The lowest BCUT2D eigenvalue weighted by molar-refractivity contribution is 0.101. The van der Waals surface area contributed by atoms with Gasteiger partial charge in [0.1, 0.15) is 18.1 Å². The third kappa shape index (κ3) is 3.64. The number of hydrogen-bond acceptors (Lipinski definition) is 3. The molecule has 0 amide bonds. The fourth-order valence-electron chi connectivity index (χ4n) is 2.60. The summed E-state index contributed by atoms with van der Waals surface area (Å²) in [5, 5.41) is 0.916. The smallest absolute Gasteiger partial charge is 0.231 e. The van der Waals surface area contributed by atoms with Gasteiger partial charge in [-0.2, -0.15) is 0 Å². The first kappa shape index (κ1) is 18.6. The average molecular weight is 389 g/mol. The van der Waals surface area contributed by atoms with Gasteiger partial charge in [0, 0.05) is 21.2 Å². The summed E-state index contributed by atoms with van der Waals surface area (Å²) in [6.07, 6.45) is 3.57. The largest absolute Gasteiger partial charge is 0.489 e. The predicted octanol–water partition coefficient (Wildman–Crippen LogP) is 6.26. The molecule has 0 atom stereocenters. The van der Waals surface area contributed by atoms with Crippen molar-refractivity contribution in [1.29, 1.82) is 0 Å². The topological polar surface area (TPSA) is 35.5 Å². The number of halogens is 2. The number of fused-ring (bicyclic) bond motifs is 1. The minimum Gasteiger partial charge on any atom is -0.489 e. The highest BCUT2D eigenvalue weighted by molar-refractivity contribution is 6.37. The Morgan fingerprint density at radius 3 is 2.50 bits per heavy atom. The van der Waals surface area contributed by atoms with Gasteiger partial charge in [0.2, 0.25) is 5.78 Å². The zero-order valence-corrected chi connectivity index (χ0v) is 16.2. The van der Waals surface area contributed by atoms with Crippen LogP contribution in [0, 0.1) is 6.92 Å². The van der Waals surface area contributed by atoms with E-state index >= 15 is 0 Å². The molecule has 1 heterocycles. The number of rotatable bonds is 4. The van der Waals surface area contributed by atoms with Crippen molar-refractivity contribution in [1.82, 2.24) is 0 Å². The molecule has 0 fully saturated rings. The fourth-order valence-corrected chi connectivity index (χ4v) is 3.11. The molecule has 0 unspecified atom stereocenters. The summed E-state index contributed by atoms with van der Waals surface area (Å²) in [7, 11) is 0. The van der Waals surface area contributed by atoms with Gasteiger partial charge in [-0.15, -0.1) is 0 Å². The summed E-state index contributed by atoms with van der Waals surface area (Å²) in [4.78, 5) is 12.7. The number of hydrogen-bond donors (Lipinski definition) is 0. The highest BCUT2D eigenvalue weighted by Crippen LogP contribution is 2.40. The Balaban J connectivity index is 1.93. The molecular weight excluding hydrogens is 371 g/mol. The lowest BCUT2D eigenvalue weighted by Gasteiger charge is -2.10. The number of Topliss-reactive ketones (excluding diaryl/α,β-unsaturated/α-hetero) is 1. The third-order valence-electron chi connectivity index (χ3n) is 4.04. The molecule has 3 rings (SSSR count). The first-order valence-corrected chi connectivity index (χ1v) is 8.92. The second-order valence-corrected chi connectivity index (χ2v) is 7.05. The Kier molecular flexibility index (Phi) is 5.40. The molecule has 26 heavy (non-hydrogen) atoms. The van der Waals surface area contributed by atoms with Gasteiger partial charge in [0.05, 0.1) is 5.56 Å². The maximum Gasteiger partial charge on any atom is 0.231 e. The van der Waals surface area contributed by atoms with Crippen molar-refractivity contribution in [2.45, 2.75) is 20.8 Å². The Bertz CT molecular complexity index is 918. The molecule has 1 aliphatic rings. The lowest BCUT2D eigenvalue weighted by atomic mass is 10.1. The molecule has 3 nitrogen and oxygen atoms in total. The summed E-state index contributed by atoms with van der Waals surface area (Å²) in [6.45, 7) is 6.36. The van der Waals surface area contributed by atoms with Crippen LogP contribution in [0.5, 0.6) is 11.5 Å². The van der Waals surface area contributed by atoms with E-state index < -0.39 is 0 Å². The molecule has 0 radical (unpaired) electrons. The SMILES string of the molecule is CC(C)=CCOc1ccc2c(c1C)O/C(=C\c1c(Cl)cccc1Cl)C2=O. The molecular formula is C21H18Cl2O3. The van der Waals surface area contributed by atoms with Gasteiger partial charge < -0.3 is 9.47 Å². The second kappa shape index (κ2) is 7.56. The molecule has 0 saturated carbocycles. The quantitative estimate of drug-likeness (QED) is 0.457. The summed E-state index contributed by atoms with van der Waals surface area (Å²) in [5.41, 5.74) is 3.03. The molecule has 0 aliphatic carbocycles. The van der Waals surface area contributed by atoms with Crippen molar-refractivity contribution in [3.63, 3.8) is 0 Å². The Hall–Kier alpha value is -2.23. The minimum atomic E-state index is -0.199. The van der Waals surface area contributed by atoms with E-state index in [-0.39, 0.29) is 11.5 Å². The van der Waals surface area contributed by atoms with Crippen molar-refractivity contribution in [2.75, 3.05) is 6.61 Å². The van der Waals surface area contributed by atoms with Crippen LogP contribution in [0.1, 0.15) is 35.3 Å². The van der Waals surface area contributed by atoms with Gasteiger partial charge in [-0.1, -0.05) is 34.8 Å². The number of carbonyl (C=O) groups excluding carboxylic acids is 1. The first-order valence-electron chi connectivity index (χ1n) is 8.16. The normalized spacial score (nSPS) is 14.2. The molecule has 0 saturated heterocycles. The van der Waals surface area contributed by atoms with E-state index in [4.69, 9.17) is 32.7 Å². The van der Waals surface area contributed by atoms with Crippen molar-refractivity contribution in [3.05, 3.63) is 74.5 Å². The van der Waals surface area contributed by atoms with Crippen molar-refractivity contribution in [2.24, 2.45) is 0 Å². The van der Waals surface area contributed by atoms with Crippen LogP contribution < -0.4 is 9.47 Å². The molecule has 0 bridgehead atoms. The van der Waals surface area contributed by atoms with E-state index in [1.807, 2.05) is 26.8 Å². The standard InChI is InChI=1S/C21H18Cl2O3/c1-12(2)9-10-25-18-8-7-14-20(24)19(26-21(14)13(18)3)11-15-16(22)5-4-6-17(15)23/h4-9,11H,10H2,1-3H3/b19-11-. The van der Waals surface area contributed by atoms with Crippen LogP contribution in [0.15, 0.2) is 47.7 Å². The van der Waals surface area contributed by atoms with Crippen molar-refractivity contribution < 1.29 is 14.3 Å². The molecule has 134 valence electrons. The molecule has 1 aliphatic heterocycles. The molecule has 0 N–H and O–H groups in total. The molecule has 2 aromatic carbocycles. The monoisotopic (exact) mass is 388 g/mol. The van der Waals surface area contributed by atoms with Gasteiger partial charge in [0.25, 0.3) is 0 Å². The van der Waals surface area contributed by atoms with E-state index in [2.05, 4.69) is 0 Å². The van der Waals surface area contributed by atoms with Crippen molar-refractivity contribution in [3.8, 4) is 11.5 Å². The highest BCUT2D eigenvalue weighted by atomic mass is 35.5. The maximum absolute atomic E-state index is 12.7. The Morgan fingerprint density at radius 2 is 1.85 bits per heavy atom. The van der Waals surface area contributed by atoms with Gasteiger partial charge in [-0.05, 0) is 57.2 Å². The van der Waals surface area contributed by atoms with Crippen LogP contribution in [0.25, 0.3) is 6.08 Å². The van der Waals surface area contributed by atoms with Gasteiger partial charge in [-0.3, -0.25) is 4.79 Å². The van der Waals surface area contributed by atoms with Crippen LogP contribution in [0.3, 0.4) is 0 Å². The molecule has 0 aromatic heterocycles. The lowest BCUT2D eigenvalue weighted by Crippen LogP contribution is -1.98. The number of allylic oxidation sites excluding steroid dienone is 2. The predicted molar refractivity (Wildman–Crippen MR) is 106 cm³/mol. The summed E-state index contributed by atoms with van der Waals surface area (Å²) < 4.78 is 11.6. The molecule has 0 spiro atoms. The molecule has 2 aromatic rings. The Labute approximate surface area is 162 Å². The van der Waals surface area contributed by atoms with Crippen LogP contribution in [0.2, 0.25) is 10.0 Å². The summed E-state index contributed by atoms with van der Waals surface area (Å²) in [6, 6.07) is 8.69. The minimum absolute atomic E-state index is 0.194. The molecule has 5 heteroatoms. The van der Waals surface area contributed by atoms with Crippen LogP contribution in [-0.4, -0.2) is 12.4 Å². The van der Waals surface area contributed by atoms with E-state index in [9.17, 15) is 4.79 Å². The van der Waals surface area contributed by atoms with Crippen LogP contribution in [-0.2, 0) is 0 Å². The number of benzene rings is 2. The van der Waals surface area contributed by atoms with Crippen LogP contribution >= 0.6 is 23.2 Å². The number of ether oxygens (including phenoxy) is 2. The van der Waals surface area contributed by atoms with E-state index in [0.29, 0.717) is 39.3 Å². The maximum atomic E-state index is 12.7. The highest BCUT2D eigenvalue weighted by Gasteiger charge is 2.30. The van der Waals surface area contributed by atoms with Gasteiger partial charge in [-0.25, -0.2) is 0 Å². The fraction of sp³-hybridized carbons (Fsp3) is 0.190. The van der Waals surface area contributed by atoms with Gasteiger partial charge in [0.15, 0.2) is 5.76 Å². The van der Waals surface area contributed by atoms with Crippen LogP contribution in [0.4, 0.5) is 0 Å². The van der Waals surface area contributed by atoms with E-state index in [1.54, 1.807) is 36.4 Å². The average Bonchev–Trinajstić information content (AvgIpc) is 2.90. The van der Waals surface area contributed by atoms with E-state index in [0.717, 1.165) is 5.56 Å². The zero-order chi connectivity index (χ0) is 18.8. The number of carbonyl (C=O) groups is 1. The summed E-state index contributed by atoms with van der Waals surface area (Å²) in [5.74, 6) is 1.19. The Morgan fingerprint density at radius 1 is 1.15 bits per heavy atom. The second-order valence-electron chi connectivity index (χ2n) is 6.23. The first-order chi connectivity index (χ1) is 12.4. The summed E-state index contributed by atoms with van der Waals surface area (Å²) >= 11 is 12.4.